The summed E-state index contributed by atoms with van der Waals surface area (Å²) in [6, 6.07) is 4.49. The van der Waals surface area contributed by atoms with E-state index in [4.69, 9.17) is 4.74 Å². The van der Waals surface area contributed by atoms with Gasteiger partial charge in [-0.25, -0.2) is 0 Å². The van der Waals surface area contributed by atoms with Crippen LogP contribution in [0, 0.1) is 5.92 Å². The molecule has 3 N–H and O–H groups in total. The molecule has 1 heterocycles. The minimum absolute atomic E-state index is 0. The number of ether oxygens (including phenoxy) is 1. The zero-order chi connectivity index (χ0) is 22.9. The Morgan fingerprint density at radius 3 is 2.22 bits per heavy atom. The second kappa shape index (κ2) is 13.8. The van der Waals surface area contributed by atoms with E-state index in [0.717, 1.165) is 45.0 Å². The SMILES string of the molecule is CN=C(NCCNC(=O)c1ccc(C(F)(F)F)cc1)NCC(C(C)C)N1CCOCC1.I. The van der Waals surface area contributed by atoms with Gasteiger partial charge in [0.25, 0.3) is 5.91 Å². The van der Waals surface area contributed by atoms with Gasteiger partial charge in [-0.1, -0.05) is 13.8 Å². The van der Waals surface area contributed by atoms with E-state index in [1.165, 1.54) is 12.1 Å². The number of carbonyl (C=O) groups excluding carboxylic acids is 1. The number of carbonyl (C=O) groups is 1. The largest absolute Gasteiger partial charge is 0.416 e. The van der Waals surface area contributed by atoms with Crippen LogP contribution in [0.3, 0.4) is 0 Å². The molecule has 1 atom stereocenters. The van der Waals surface area contributed by atoms with E-state index in [1.54, 1.807) is 7.05 Å². The first-order chi connectivity index (χ1) is 14.7. The highest BCUT2D eigenvalue weighted by atomic mass is 127. The van der Waals surface area contributed by atoms with Crippen LogP contribution in [0.5, 0.6) is 0 Å². The van der Waals surface area contributed by atoms with Crippen LogP contribution in [0.4, 0.5) is 13.2 Å². The molecule has 1 fully saturated rings. The summed E-state index contributed by atoms with van der Waals surface area (Å²) >= 11 is 0. The molecule has 7 nitrogen and oxygen atoms in total. The molecule has 2 rings (SSSR count). The molecule has 1 amide bonds. The van der Waals surface area contributed by atoms with Crippen molar-refractivity contribution in [1.29, 1.82) is 0 Å². The molecule has 32 heavy (non-hydrogen) atoms. The van der Waals surface area contributed by atoms with Crippen molar-refractivity contribution in [3.05, 3.63) is 35.4 Å². The van der Waals surface area contributed by atoms with Crippen molar-refractivity contribution < 1.29 is 22.7 Å². The van der Waals surface area contributed by atoms with Crippen LogP contribution in [-0.2, 0) is 10.9 Å². The van der Waals surface area contributed by atoms with Crippen LogP contribution in [0.2, 0.25) is 0 Å². The van der Waals surface area contributed by atoms with Gasteiger partial charge in [0.05, 0.1) is 18.8 Å². The summed E-state index contributed by atoms with van der Waals surface area (Å²) < 4.78 is 43.3. The van der Waals surface area contributed by atoms with Gasteiger partial charge in [-0.2, -0.15) is 13.2 Å². The normalized spacial score (nSPS) is 16.3. The van der Waals surface area contributed by atoms with Crippen molar-refractivity contribution in [2.75, 3.05) is 53.0 Å². The first-order valence-electron chi connectivity index (χ1n) is 10.4. The minimum atomic E-state index is -4.42. The number of morpholine rings is 1. The number of halogens is 4. The fourth-order valence-electron chi connectivity index (χ4n) is 3.39. The maximum atomic E-state index is 12.6. The lowest BCUT2D eigenvalue weighted by Gasteiger charge is -2.37. The zero-order valence-electron chi connectivity index (χ0n) is 18.7. The van der Waals surface area contributed by atoms with Crippen molar-refractivity contribution in [2.24, 2.45) is 10.9 Å². The van der Waals surface area contributed by atoms with Crippen LogP contribution in [-0.4, -0.2) is 75.8 Å². The molecule has 0 spiro atoms. The lowest BCUT2D eigenvalue weighted by atomic mass is 10.0. The molecule has 182 valence electrons. The molecular formula is C21H33F3IN5O2. The summed E-state index contributed by atoms with van der Waals surface area (Å²) in [6.45, 7) is 9.15. The first kappa shape index (κ1) is 28.4. The Bertz CT molecular complexity index is 723. The summed E-state index contributed by atoms with van der Waals surface area (Å²) in [6.07, 6.45) is -4.42. The Kier molecular flexibility index (Phi) is 12.3. The van der Waals surface area contributed by atoms with Crippen LogP contribution >= 0.6 is 24.0 Å². The van der Waals surface area contributed by atoms with E-state index in [0.29, 0.717) is 31.0 Å². The quantitative estimate of drug-likeness (QED) is 0.194. The molecule has 1 aliphatic heterocycles. The lowest BCUT2D eigenvalue weighted by Crippen LogP contribution is -2.53. The molecule has 11 heteroatoms. The van der Waals surface area contributed by atoms with Crippen LogP contribution in [0.15, 0.2) is 29.3 Å². The monoisotopic (exact) mass is 571 g/mol. The first-order valence-corrected chi connectivity index (χ1v) is 10.4. The van der Waals surface area contributed by atoms with Gasteiger partial charge < -0.3 is 20.7 Å². The molecule has 0 saturated carbocycles. The van der Waals surface area contributed by atoms with E-state index in [9.17, 15) is 18.0 Å². The fraction of sp³-hybridized carbons (Fsp3) is 0.619. The van der Waals surface area contributed by atoms with Crippen molar-refractivity contribution in [3.8, 4) is 0 Å². The zero-order valence-corrected chi connectivity index (χ0v) is 21.0. The van der Waals surface area contributed by atoms with E-state index < -0.39 is 17.6 Å². The smallest absolute Gasteiger partial charge is 0.379 e. The Labute approximate surface area is 204 Å². The van der Waals surface area contributed by atoms with Crippen molar-refractivity contribution in [1.82, 2.24) is 20.9 Å². The van der Waals surface area contributed by atoms with Crippen LogP contribution in [0.1, 0.15) is 29.8 Å². The van der Waals surface area contributed by atoms with Gasteiger partial charge in [-0.3, -0.25) is 14.7 Å². The van der Waals surface area contributed by atoms with Crippen LogP contribution < -0.4 is 16.0 Å². The third kappa shape index (κ3) is 9.10. The maximum Gasteiger partial charge on any atom is 0.416 e. The third-order valence-corrected chi connectivity index (χ3v) is 5.16. The summed E-state index contributed by atoms with van der Waals surface area (Å²) in [5.41, 5.74) is -0.599. The van der Waals surface area contributed by atoms with E-state index >= 15 is 0 Å². The number of rotatable bonds is 8. The van der Waals surface area contributed by atoms with E-state index in [-0.39, 0.29) is 29.5 Å². The third-order valence-electron chi connectivity index (χ3n) is 5.16. The molecular weight excluding hydrogens is 538 g/mol. The minimum Gasteiger partial charge on any atom is -0.379 e. The summed E-state index contributed by atoms with van der Waals surface area (Å²) in [5, 5.41) is 9.14. The average molecular weight is 571 g/mol. The lowest BCUT2D eigenvalue weighted by molar-refractivity contribution is -0.137. The second-order valence-corrected chi connectivity index (χ2v) is 7.67. The van der Waals surface area contributed by atoms with E-state index in [2.05, 4.69) is 39.7 Å². The Hall–Kier alpha value is -1.60. The number of nitrogens with one attached hydrogen (secondary N) is 3. The number of hydrogen-bond donors (Lipinski definition) is 3. The standard InChI is InChI=1S/C21H32F3N5O2.HI/c1-15(2)18(29-10-12-31-13-11-29)14-28-20(25-3)27-9-8-26-19(30)16-4-6-17(7-5-16)21(22,23)24;/h4-7,15,18H,8-14H2,1-3H3,(H,26,30)(H2,25,27,28);1H. The number of amides is 1. The van der Waals surface area contributed by atoms with Crippen LogP contribution in [0.25, 0.3) is 0 Å². The Morgan fingerprint density at radius 1 is 1.09 bits per heavy atom. The predicted octanol–water partition coefficient (Wildman–Crippen LogP) is 2.58. The van der Waals surface area contributed by atoms with Gasteiger partial charge in [0.15, 0.2) is 5.96 Å². The van der Waals surface area contributed by atoms with Gasteiger partial charge in [-0.05, 0) is 30.2 Å². The van der Waals surface area contributed by atoms with Gasteiger partial charge in [0.2, 0.25) is 0 Å². The van der Waals surface area contributed by atoms with Crippen molar-refractivity contribution in [3.63, 3.8) is 0 Å². The number of alkyl halides is 3. The summed E-state index contributed by atoms with van der Waals surface area (Å²) in [7, 11) is 1.68. The average Bonchev–Trinajstić information content (AvgIpc) is 2.75. The van der Waals surface area contributed by atoms with Gasteiger partial charge in [-0.15, -0.1) is 24.0 Å². The molecule has 0 bridgehead atoms. The molecule has 1 aromatic carbocycles. The molecule has 1 aliphatic rings. The van der Waals surface area contributed by atoms with Gasteiger partial charge in [0, 0.05) is 51.4 Å². The molecule has 0 aromatic heterocycles. The molecule has 0 radical (unpaired) electrons. The number of benzene rings is 1. The number of aliphatic imine (C=N–C) groups is 1. The highest BCUT2D eigenvalue weighted by molar-refractivity contribution is 14.0. The number of guanidine groups is 1. The van der Waals surface area contributed by atoms with Gasteiger partial charge in [0.1, 0.15) is 0 Å². The highest BCUT2D eigenvalue weighted by Crippen LogP contribution is 2.29. The summed E-state index contributed by atoms with van der Waals surface area (Å²) in [5.74, 6) is 0.667. The van der Waals surface area contributed by atoms with Crippen molar-refractivity contribution in [2.45, 2.75) is 26.1 Å². The highest BCUT2D eigenvalue weighted by Gasteiger charge is 2.30. The second-order valence-electron chi connectivity index (χ2n) is 7.67. The van der Waals surface area contributed by atoms with Gasteiger partial charge >= 0.3 is 6.18 Å². The van der Waals surface area contributed by atoms with E-state index in [1.807, 2.05) is 0 Å². The predicted molar refractivity (Wildman–Crippen MR) is 130 cm³/mol. The number of hydrogen-bond acceptors (Lipinski definition) is 4. The van der Waals surface area contributed by atoms with Crippen molar-refractivity contribution >= 4 is 35.8 Å². The maximum absolute atomic E-state index is 12.6. The Morgan fingerprint density at radius 2 is 1.69 bits per heavy atom. The molecule has 0 aliphatic carbocycles. The molecule has 1 aromatic rings. The summed E-state index contributed by atoms with van der Waals surface area (Å²) in [4.78, 5) is 18.7. The Balaban J connectivity index is 0.00000512. The molecule has 1 saturated heterocycles. The molecule has 1 unspecified atom stereocenters. The number of nitrogens with zero attached hydrogens (tertiary/aromatic N) is 2. The fourth-order valence-corrected chi connectivity index (χ4v) is 3.39. The topological polar surface area (TPSA) is 78.0 Å².